The number of carbonyl (C=O) groups excluding carboxylic acids is 8. The van der Waals surface area contributed by atoms with E-state index < -0.39 is 108 Å². The summed E-state index contributed by atoms with van der Waals surface area (Å²) in [5.74, 6) is -10.1. The van der Waals surface area contributed by atoms with Crippen LogP contribution >= 0.6 is 0 Å². The lowest BCUT2D eigenvalue weighted by molar-refractivity contribution is -0.142. The summed E-state index contributed by atoms with van der Waals surface area (Å²) in [4.78, 5) is 154. The Morgan fingerprint density at radius 2 is 0.417 bits per heavy atom. The minimum atomic E-state index is -1.53. The van der Waals surface area contributed by atoms with Gasteiger partial charge in [-0.05, 0) is 142 Å². The lowest BCUT2D eigenvalue weighted by Gasteiger charge is -2.28. The molecule has 0 aromatic heterocycles. The second-order valence-corrected chi connectivity index (χ2v) is 22.1. The highest BCUT2D eigenvalue weighted by Gasteiger charge is 2.35. The molecule has 0 aliphatic heterocycles. The first-order valence-electron chi connectivity index (χ1n) is 31.6. The van der Waals surface area contributed by atoms with Crippen molar-refractivity contribution in [3.05, 3.63) is 0 Å². The van der Waals surface area contributed by atoms with Crippen molar-refractivity contribution in [1.29, 1.82) is 0 Å². The van der Waals surface area contributed by atoms with E-state index in [-0.39, 0.29) is 197 Å². The van der Waals surface area contributed by atoms with E-state index in [0.717, 1.165) is 0 Å². The molecule has 0 fully saturated rings. The van der Waals surface area contributed by atoms with Gasteiger partial charge in [0.15, 0.2) is 41.7 Å². The fourth-order valence-electron chi connectivity index (χ4n) is 8.98. The molecule has 42 nitrogen and oxygen atoms in total. The zero-order chi connectivity index (χ0) is 72.5. The third-order valence-electron chi connectivity index (χ3n) is 13.9. The highest BCUT2D eigenvalue weighted by atomic mass is 16.4. The first-order valence-corrected chi connectivity index (χ1v) is 31.6. The highest BCUT2D eigenvalue weighted by Crippen LogP contribution is 2.12. The maximum Gasteiger partial charge on any atom is 0.326 e. The standard InChI is InChI=1S/C54H110N32O10/c55-21-3-1-13-31(79-39(87)30(57)12-5-23-72-48(58)59)40(88)80-32(14-2-4-22-56)41(89)81-33(15-6-24-73-49(60)61)42(90)82-34(16-7-25-74-50(62)63)43(91)83-35(17-8-26-75-51(64)65)44(92)84-36(18-9-27-76-52(66)67)45(93)85-37(19-10-28-77-53(68)69)46(94)86-38(47(95)96)20-11-29-78-54(70)71/h30-38H,1-29,55-57H2,(H,79,87)(H,80,88)(H,81,89)(H,82,90)(H,83,91)(H,84,92)(H,85,93)(H,86,94)(H,95,96)(H4,58,59,72)(H4,60,61,73)(H4,62,63,74)(H4,64,65,75)(H4,66,67,76)(H4,68,69,77)(H4,70,71,78)/t30-,31+,32+,33+,34-,35+,36+,37+,38-/m1/s1. The van der Waals surface area contributed by atoms with Gasteiger partial charge in [0.05, 0.1) is 6.04 Å². The van der Waals surface area contributed by atoms with Crippen molar-refractivity contribution >= 4 is 94.9 Å². The largest absolute Gasteiger partial charge is 0.480 e. The molecule has 9 atom stereocenters. The molecule has 0 unspecified atom stereocenters. The van der Waals surface area contributed by atoms with E-state index in [4.69, 9.17) is 97.5 Å². The molecule has 546 valence electrons. The number of aliphatic imine (C=N–C) groups is 7. The van der Waals surface area contributed by atoms with Crippen LogP contribution in [0, 0.1) is 0 Å². The van der Waals surface area contributed by atoms with E-state index in [1.807, 2.05) is 0 Å². The first-order chi connectivity index (χ1) is 45.4. The molecular weight excluding hydrogens is 1260 g/mol. The van der Waals surface area contributed by atoms with E-state index in [1.54, 1.807) is 0 Å². The number of rotatable bonds is 53. The third-order valence-corrected chi connectivity index (χ3v) is 13.9. The second kappa shape index (κ2) is 50.5. The zero-order valence-electron chi connectivity index (χ0n) is 54.8. The van der Waals surface area contributed by atoms with Gasteiger partial charge in [-0.25, -0.2) is 4.79 Å². The molecule has 0 rings (SSSR count). The minimum Gasteiger partial charge on any atom is -0.480 e. The van der Waals surface area contributed by atoms with Crippen LogP contribution < -0.4 is 140 Å². The molecule has 0 aromatic rings. The van der Waals surface area contributed by atoms with Gasteiger partial charge in [0.2, 0.25) is 47.3 Å². The molecule has 42 heteroatoms. The number of aliphatic carboxylic acids is 1. The van der Waals surface area contributed by atoms with Crippen molar-refractivity contribution in [1.82, 2.24) is 42.5 Å². The second-order valence-electron chi connectivity index (χ2n) is 22.1. The maximum absolute atomic E-state index is 14.8. The lowest BCUT2D eigenvalue weighted by atomic mass is 10.0. The Hall–Kier alpha value is -10.0. The minimum absolute atomic E-state index is 0.00785. The Morgan fingerprint density at radius 3 is 0.604 bits per heavy atom. The summed E-state index contributed by atoms with van der Waals surface area (Å²) < 4.78 is 0. The molecule has 43 N–H and O–H groups in total. The number of carboxylic acids is 1. The van der Waals surface area contributed by atoms with Crippen LogP contribution in [0.3, 0.4) is 0 Å². The van der Waals surface area contributed by atoms with Crippen molar-refractivity contribution in [3.8, 4) is 0 Å². The number of unbranched alkanes of at least 4 members (excludes halogenated alkanes) is 2. The number of nitrogens with two attached hydrogens (primary N) is 17. The molecule has 0 aliphatic rings. The third kappa shape index (κ3) is 42.3. The van der Waals surface area contributed by atoms with Gasteiger partial charge in [-0.2, -0.15) is 0 Å². The van der Waals surface area contributed by atoms with Gasteiger partial charge in [0.25, 0.3) is 0 Å². The fourth-order valence-corrected chi connectivity index (χ4v) is 8.98. The van der Waals surface area contributed by atoms with Crippen molar-refractivity contribution in [2.24, 2.45) is 132 Å². The summed E-state index contributed by atoms with van der Waals surface area (Å²) in [5.41, 5.74) is 95.0. The zero-order valence-corrected chi connectivity index (χ0v) is 54.8. The topological polar surface area (TPSA) is 799 Å². The number of amides is 8. The molecule has 0 spiro atoms. The predicted octanol–water partition coefficient (Wildman–Crippen LogP) is -11.1. The van der Waals surface area contributed by atoms with Crippen LogP contribution in [0.15, 0.2) is 34.9 Å². The van der Waals surface area contributed by atoms with Crippen LogP contribution in [-0.2, 0) is 43.2 Å². The number of hydrogen-bond acceptors (Lipinski definition) is 19. The Bertz CT molecular complexity index is 2610. The van der Waals surface area contributed by atoms with Crippen molar-refractivity contribution in [2.45, 2.75) is 183 Å². The molecular formula is C54H110N32O10. The number of hydrogen-bond donors (Lipinski definition) is 26. The normalized spacial score (nSPS) is 13.5. The molecule has 0 saturated heterocycles. The van der Waals surface area contributed by atoms with Crippen molar-refractivity contribution < 1.29 is 48.3 Å². The van der Waals surface area contributed by atoms with Crippen molar-refractivity contribution in [3.63, 3.8) is 0 Å². The SMILES string of the molecule is NCCCC[C@H](NC(=O)[C@H](N)CCCN=C(N)N)C(=O)N[C@@H](CCCCN)C(=O)N[C@@H](CCCN=C(N)N)C(=O)N[C@H](CCCN=C(N)N)C(=O)N[C@@H](CCCN=C(N)N)C(=O)N[C@@H](CCCN=C(N)N)C(=O)N[C@@H](CCCN=C(N)N)C(=O)N[C@H](CCCN=C(N)N)C(=O)O. The maximum atomic E-state index is 14.8. The van der Waals surface area contributed by atoms with Crippen LogP contribution in [0.4, 0.5) is 0 Å². The number of guanidine groups is 7. The summed E-state index contributed by atoms with van der Waals surface area (Å²) in [6.07, 6.45) is 1.73. The van der Waals surface area contributed by atoms with Crippen LogP contribution in [-0.4, -0.2) is 213 Å². The quantitative estimate of drug-likeness (QED) is 0.0153. The summed E-state index contributed by atoms with van der Waals surface area (Å²) in [6, 6.07) is -12.5. The van der Waals surface area contributed by atoms with E-state index in [9.17, 15) is 48.3 Å². The summed E-state index contributed by atoms with van der Waals surface area (Å²) in [7, 11) is 0. The van der Waals surface area contributed by atoms with Gasteiger partial charge in [0, 0.05) is 45.8 Å². The van der Waals surface area contributed by atoms with E-state index in [2.05, 4.69) is 77.5 Å². The smallest absolute Gasteiger partial charge is 0.326 e. The summed E-state index contributed by atoms with van der Waals surface area (Å²) in [6.45, 7) is 0.586. The number of carboxylic acid groups (broad SMARTS) is 1. The molecule has 8 amide bonds. The van der Waals surface area contributed by atoms with E-state index in [1.165, 1.54) is 0 Å². The van der Waals surface area contributed by atoms with E-state index >= 15 is 0 Å². The van der Waals surface area contributed by atoms with Crippen LogP contribution in [0.2, 0.25) is 0 Å². The van der Waals surface area contributed by atoms with Crippen LogP contribution in [0.5, 0.6) is 0 Å². The Labute approximate surface area is 558 Å². The van der Waals surface area contributed by atoms with Gasteiger partial charge < -0.3 is 145 Å². The average Bonchev–Trinajstić information content (AvgIpc) is 0.931. The predicted molar refractivity (Wildman–Crippen MR) is 366 cm³/mol. The van der Waals surface area contributed by atoms with Crippen LogP contribution in [0.25, 0.3) is 0 Å². The lowest BCUT2D eigenvalue weighted by Crippen LogP contribution is -2.60. The molecule has 0 aliphatic carbocycles. The number of nitrogens with zero attached hydrogens (tertiary/aromatic N) is 7. The number of carbonyl (C=O) groups is 9. The van der Waals surface area contributed by atoms with E-state index in [0.29, 0.717) is 32.1 Å². The molecule has 0 heterocycles. The van der Waals surface area contributed by atoms with Gasteiger partial charge in [0.1, 0.15) is 48.3 Å². The molecule has 0 bridgehead atoms. The first kappa shape index (κ1) is 86.0. The molecule has 0 aromatic carbocycles. The molecule has 96 heavy (non-hydrogen) atoms. The highest BCUT2D eigenvalue weighted by molar-refractivity contribution is 5.98. The van der Waals surface area contributed by atoms with Crippen molar-refractivity contribution in [2.75, 3.05) is 58.9 Å². The fraction of sp³-hybridized carbons (Fsp3) is 0.704. The summed E-state index contributed by atoms with van der Waals surface area (Å²) in [5, 5.41) is 31.1. The Kier molecular flexibility index (Phi) is 45.2. The van der Waals surface area contributed by atoms with Crippen LogP contribution in [0.1, 0.15) is 128 Å². The average molecular weight is 1370 g/mol. The van der Waals surface area contributed by atoms with Gasteiger partial charge in [-0.15, -0.1) is 0 Å². The Balaban J connectivity index is 7.59. The molecule has 0 saturated carbocycles. The van der Waals surface area contributed by atoms with Gasteiger partial charge in [-0.1, -0.05) is 0 Å². The monoisotopic (exact) mass is 1370 g/mol. The van der Waals surface area contributed by atoms with Gasteiger partial charge in [-0.3, -0.25) is 73.3 Å². The summed E-state index contributed by atoms with van der Waals surface area (Å²) >= 11 is 0. The molecule has 0 radical (unpaired) electrons. The number of nitrogens with one attached hydrogen (secondary N) is 8. The van der Waals surface area contributed by atoms with Gasteiger partial charge >= 0.3 is 5.97 Å². The Morgan fingerprint density at radius 1 is 0.250 bits per heavy atom.